The molecule has 0 bridgehead atoms. The van der Waals surface area contributed by atoms with Gasteiger partial charge in [-0.15, -0.1) is 0 Å². The van der Waals surface area contributed by atoms with Gasteiger partial charge in [0.05, 0.1) is 23.9 Å². The maximum Gasteiger partial charge on any atom is 0.137 e. The molecule has 90 valence electrons. The Bertz CT molecular complexity index is 512. The third-order valence-corrected chi connectivity index (χ3v) is 3.25. The van der Waals surface area contributed by atoms with Crippen molar-refractivity contribution in [3.8, 4) is 0 Å². The van der Waals surface area contributed by atoms with Crippen LogP contribution < -0.4 is 0 Å². The molecule has 1 aliphatic rings. The molecule has 2 aromatic rings. The number of hydrogen-bond donors (Lipinski definition) is 1. The highest BCUT2D eigenvalue weighted by Gasteiger charge is 2.28. The van der Waals surface area contributed by atoms with Gasteiger partial charge < -0.3 is 9.67 Å². The monoisotopic (exact) mass is 232 g/mol. The fourth-order valence-corrected chi connectivity index (χ4v) is 2.18. The minimum atomic E-state index is -0.638. The van der Waals surface area contributed by atoms with Gasteiger partial charge in [0.1, 0.15) is 6.10 Å². The van der Waals surface area contributed by atoms with E-state index in [0.29, 0.717) is 6.04 Å². The highest BCUT2D eigenvalue weighted by atomic mass is 16.3. The van der Waals surface area contributed by atoms with Crippen molar-refractivity contribution in [1.82, 2.24) is 19.3 Å². The predicted molar refractivity (Wildman–Crippen MR) is 62.5 cm³/mol. The maximum absolute atomic E-state index is 10.4. The zero-order valence-electron chi connectivity index (χ0n) is 9.82. The van der Waals surface area contributed by atoms with Gasteiger partial charge in [0, 0.05) is 18.8 Å². The van der Waals surface area contributed by atoms with Crippen LogP contribution in [0.25, 0.3) is 0 Å². The van der Waals surface area contributed by atoms with Gasteiger partial charge >= 0.3 is 0 Å². The molecule has 5 heteroatoms. The molecule has 1 aliphatic carbocycles. The van der Waals surface area contributed by atoms with Crippen molar-refractivity contribution in [3.63, 3.8) is 0 Å². The number of imidazole rings is 1. The van der Waals surface area contributed by atoms with Crippen LogP contribution in [0.1, 0.15) is 43.3 Å². The fourth-order valence-electron chi connectivity index (χ4n) is 2.18. The van der Waals surface area contributed by atoms with Crippen LogP contribution in [-0.4, -0.2) is 24.4 Å². The lowest BCUT2D eigenvalue weighted by Crippen LogP contribution is -2.12. The van der Waals surface area contributed by atoms with Crippen LogP contribution in [-0.2, 0) is 6.54 Å². The quantitative estimate of drug-likeness (QED) is 0.869. The highest BCUT2D eigenvalue weighted by molar-refractivity contribution is 5.19. The maximum atomic E-state index is 10.4. The van der Waals surface area contributed by atoms with Crippen molar-refractivity contribution >= 4 is 0 Å². The zero-order chi connectivity index (χ0) is 11.8. The van der Waals surface area contributed by atoms with E-state index in [1.165, 1.54) is 12.8 Å². The van der Waals surface area contributed by atoms with Gasteiger partial charge in [0.25, 0.3) is 0 Å². The molecule has 3 rings (SSSR count). The zero-order valence-corrected chi connectivity index (χ0v) is 9.82. The lowest BCUT2D eigenvalue weighted by molar-refractivity contribution is 0.198. The summed E-state index contributed by atoms with van der Waals surface area (Å²) in [6.45, 7) is 2.78. The summed E-state index contributed by atoms with van der Waals surface area (Å²) in [4.78, 5) is 4.14. The molecule has 1 fully saturated rings. The SMILES string of the molecule is CCn1nccc1C(O)c1cncn1C1CC1. The van der Waals surface area contributed by atoms with Gasteiger partial charge in [-0.3, -0.25) is 4.68 Å². The lowest BCUT2D eigenvalue weighted by Gasteiger charge is -2.14. The summed E-state index contributed by atoms with van der Waals surface area (Å²) in [5, 5.41) is 14.6. The Kier molecular flexibility index (Phi) is 2.48. The van der Waals surface area contributed by atoms with Gasteiger partial charge in [-0.2, -0.15) is 5.10 Å². The molecule has 0 spiro atoms. The summed E-state index contributed by atoms with van der Waals surface area (Å²) in [5.74, 6) is 0. The second kappa shape index (κ2) is 4.00. The van der Waals surface area contributed by atoms with E-state index in [4.69, 9.17) is 0 Å². The average molecular weight is 232 g/mol. The molecule has 0 aromatic carbocycles. The van der Waals surface area contributed by atoms with E-state index in [1.807, 2.05) is 24.0 Å². The van der Waals surface area contributed by atoms with Crippen molar-refractivity contribution in [2.75, 3.05) is 0 Å². The molecule has 1 atom stereocenters. The second-order valence-electron chi connectivity index (χ2n) is 4.43. The number of aliphatic hydroxyl groups is 1. The largest absolute Gasteiger partial charge is 0.380 e. The first-order chi connectivity index (χ1) is 8.31. The molecule has 1 saturated carbocycles. The second-order valence-corrected chi connectivity index (χ2v) is 4.43. The minimum absolute atomic E-state index is 0.528. The Balaban J connectivity index is 1.95. The smallest absolute Gasteiger partial charge is 0.137 e. The first-order valence-electron chi connectivity index (χ1n) is 6.02. The number of aromatic nitrogens is 4. The van der Waals surface area contributed by atoms with Crippen LogP contribution in [0.15, 0.2) is 24.8 Å². The summed E-state index contributed by atoms with van der Waals surface area (Å²) in [6, 6.07) is 2.39. The van der Waals surface area contributed by atoms with Gasteiger partial charge in [-0.1, -0.05) is 0 Å². The Morgan fingerprint density at radius 3 is 3.00 bits per heavy atom. The average Bonchev–Trinajstić information content (AvgIpc) is 2.92. The number of aryl methyl sites for hydroxylation is 1. The molecule has 17 heavy (non-hydrogen) atoms. The molecular weight excluding hydrogens is 216 g/mol. The summed E-state index contributed by atoms with van der Waals surface area (Å²) in [7, 11) is 0. The van der Waals surface area contributed by atoms with Gasteiger partial charge in [0.2, 0.25) is 0 Å². The third kappa shape index (κ3) is 1.76. The van der Waals surface area contributed by atoms with E-state index in [9.17, 15) is 5.11 Å². The number of rotatable bonds is 4. The third-order valence-electron chi connectivity index (χ3n) is 3.25. The topological polar surface area (TPSA) is 55.9 Å². The molecule has 2 aromatic heterocycles. The summed E-state index contributed by atoms with van der Waals surface area (Å²) in [6.07, 6.45) is 7.01. The number of hydrogen-bond acceptors (Lipinski definition) is 3. The molecule has 0 radical (unpaired) electrons. The van der Waals surface area contributed by atoms with E-state index >= 15 is 0 Å². The lowest BCUT2D eigenvalue weighted by atomic mass is 10.2. The standard InChI is InChI=1S/C12H16N4O/c1-2-16-10(5-6-14-16)12(17)11-7-13-8-15(11)9-3-4-9/h5-9,12,17H,2-4H2,1H3. The van der Waals surface area contributed by atoms with Crippen molar-refractivity contribution < 1.29 is 5.11 Å². The number of nitrogens with zero attached hydrogens (tertiary/aromatic N) is 4. The number of aliphatic hydroxyl groups excluding tert-OH is 1. The van der Waals surface area contributed by atoms with E-state index in [-0.39, 0.29) is 0 Å². The highest BCUT2D eigenvalue weighted by Crippen LogP contribution is 2.37. The molecule has 0 aliphatic heterocycles. The van der Waals surface area contributed by atoms with Crippen LogP contribution in [0.5, 0.6) is 0 Å². The predicted octanol–water partition coefficient (Wildman–Crippen LogP) is 1.52. The molecule has 2 heterocycles. The molecule has 0 amide bonds. The molecular formula is C12H16N4O. The molecule has 1 unspecified atom stereocenters. The first kappa shape index (κ1) is 10.5. The van der Waals surface area contributed by atoms with Crippen LogP contribution in [0.2, 0.25) is 0 Å². The Hall–Kier alpha value is -1.62. The Morgan fingerprint density at radius 2 is 2.29 bits per heavy atom. The summed E-state index contributed by atoms with van der Waals surface area (Å²) < 4.78 is 3.90. The Labute approximate surface area is 99.7 Å². The Morgan fingerprint density at radius 1 is 1.47 bits per heavy atom. The minimum Gasteiger partial charge on any atom is -0.380 e. The molecule has 5 nitrogen and oxygen atoms in total. The van der Waals surface area contributed by atoms with E-state index in [0.717, 1.165) is 17.9 Å². The van der Waals surface area contributed by atoms with Gasteiger partial charge in [0.15, 0.2) is 0 Å². The van der Waals surface area contributed by atoms with Crippen LogP contribution in [0.3, 0.4) is 0 Å². The van der Waals surface area contributed by atoms with Crippen molar-refractivity contribution in [3.05, 3.63) is 36.2 Å². The summed E-state index contributed by atoms with van der Waals surface area (Å²) >= 11 is 0. The van der Waals surface area contributed by atoms with E-state index in [1.54, 1.807) is 12.4 Å². The van der Waals surface area contributed by atoms with Crippen LogP contribution in [0, 0.1) is 0 Å². The van der Waals surface area contributed by atoms with Crippen LogP contribution >= 0.6 is 0 Å². The first-order valence-corrected chi connectivity index (χ1v) is 6.02. The normalized spacial score (nSPS) is 17.3. The fraction of sp³-hybridized carbons (Fsp3) is 0.500. The van der Waals surface area contributed by atoms with E-state index < -0.39 is 6.10 Å². The van der Waals surface area contributed by atoms with Crippen molar-refractivity contribution in [1.29, 1.82) is 0 Å². The summed E-state index contributed by atoms with van der Waals surface area (Å²) in [5.41, 5.74) is 1.69. The van der Waals surface area contributed by atoms with Crippen molar-refractivity contribution in [2.24, 2.45) is 0 Å². The van der Waals surface area contributed by atoms with Crippen molar-refractivity contribution in [2.45, 2.75) is 38.5 Å². The van der Waals surface area contributed by atoms with Gasteiger partial charge in [-0.05, 0) is 25.8 Å². The van der Waals surface area contributed by atoms with E-state index in [2.05, 4.69) is 14.6 Å². The molecule has 1 N–H and O–H groups in total. The van der Waals surface area contributed by atoms with Crippen LogP contribution in [0.4, 0.5) is 0 Å². The molecule has 0 saturated heterocycles. The van der Waals surface area contributed by atoms with Gasteiger partial charge in [-0.25, -0.2) is 4.98 Å².